The van der Waals surface area contributed by atoms with Gasteiger partial charge in [-0.25, -0.2) is 9.59 Å². The highest BCUT2D eigenvalue weighted by Gasteiger charge is 2.00. The van der Waals surface area contributed by atoms with E-state index in [4.69, 9.17) is 4.74 Å². The topological polar surface area (TPSA) is 52.6 Å². The summed E-state index contributed by atoms with van der Waals surface area (Å²) in [5, 5.41) is 0. The Bertz CT molecular complexity index is 482. The maximum atomic E-state index is 11.3. The minimum atomic E-state index is -0.591. The fourth-order valence-electron chi connectivity index (χ4n) is 1.31. The number of rotatable bonds is 9. The van der Waals surface area contributed by atoms with Gasteiger partial charge in [0.05, 0.1) is 6.61 Å². The molecule has 1 aromatic carbocycles. The molecule has 0 N–H and O–H groups in total. The van der Waals surface area contributed by atoms with Gasteiger partial charge in [-0.15, -0.1) is 11.8 Å². The van der Waals surface area contributed by atoms with Gasteiger partial charge >= 0.3 is 11.9 Å². The Morgan fingerprint density at radius 2 is 1.76 bits per heavy atom. The van der Waals surface area contributed by atoms with E-state index in [2.05, 4.69) is 11.3 Å². The van der Waals surface area contributed by atoms with E-state index in [0.29, 0.717) is 6.61 Å². The largest absolute Gasteiger partial charge is 0.462 e. The van der Waals surface area contributed by atoms with Gasteiger partial charge in [-0.05, 0) is 18.6 Å². The Labute approximate surface area is 128 Å². The Morgan fingerprint density at radius 3 is 2.43 bits per heavy atom. The summed E-state index contributed by atoms with van der Waals surface area (Å²) >= 11 is 1.71. The lowest BCUT2D eigenvalue weighted by Gasteiger charge is -2.02. The number of esters is 2. The molecule has 0 saturated heterocycles. The molecule has 0 saturated carbocycles. The van der Waals surface area contributed by atoms with Gasteiger partial charge < -0.3 is 9.47 Å². The first kappa shape index (κ1) is 17.0. The van der Waals surface area contributed by atoms with E-state index < -0.39 is 11.9 Å². The van der Waals surface area contributed by atoms with Crippen LogP contribution in [0.3, 0.4) is 0 Å². The second kappa shape index (κ2) is 10.7. The zero-order valence-corrected chi connectivity index (χ0v) is 12.5. The summed E-state index contributed by atoms with van der Waals surface area (Å²) < 4.78 is 9.65. The van der Waals surface area contributed by atoms with E-state index in [1.807, 2.05) is 30.3 Å². The molecule has 0 aromatic heterocycles. The van der Waals surface area contributed by atoms with Crippen LogP contribution < -0.4 is 0 Å². The number of hydrogen-bond donors (Lipinski definition) is 0. The van der Waals surface area contributed by atoms with Gasteiger partial charge in [-0.1, -0.05) is 30.9 Å². The molecule has 0 heterocycles. The molecule has 0 bridgehead atoms. The summed E-state index contributed by atoms with van der Waals surface area (Å²) in [5.74, 6) is -0.274. The van der Waals surface area contributed by atoms with Gasteiger partial charge in [-0.2, -0.15) is 0 Å². The lowest BCUT2D eigenvalue weighted by atomic mass is 10.4. The third-order valence-corrected chi connectivity index (χ3v) is 3.34. The molecule has 0 atom stereocenters. The lowest BCUT2D eigenvalue weighted by Crippen LogP contribution is -2.05. The van der Waals surface area contributed by atoms with Crippen molar-refractivity contribution in [3.05, 3.63) is 55.1 Å². The van der Waals surface area contributed by atoms with Crippen LogP contribution in [0.1, 0.15) is 6.42 Å². The van der Waals surface area contributed by atoms with Crippen LogP contribution in [0.2, 0.25) is 0 Å². The van der Waals surface area contributed by atoms with Crippen molar-refractivity contribution >= 4 is 23.7 Å². The van der Waals surface area contributed by atoms with Crippen molar-refractivity contribution < 1.29 is 19.1 Å². The van der Waals surface area contributed by atoms with Crippen molar-refractivity contribution in [2.75, 3.05) is 19.0 Å². The average molecular weight is 306 g/mol. The number of hydrogen-bond acceptors (Lipinski definition) is 5. The first-order valence-corrected chi connectivity index (χ1v) is 7.51. The summed E-state index contributed by atoms with van der Waals surface area (Å²) in [6.45, 7) is 3.86. The zero-order valence-electron chi connectivity index (χ0n) is 11.7. The van der Waals surface area contributed by atoms with Gasteiger partial charge in [0.2, 0.25) is 0 Å². The SMILES string of the molecule is C=CCOC(=O)/C=C\C(=O)OCCCSc1ccccc1. The number of carbonyl (C=O) groups is 2. The molecule has 5 heteroatoms. The molecular weight excluding hydrogens is 288 g/mol. The van der Waals surface area contributed by atoms with Crippen molar-refractivity contribution in [3.8, 4) is 0 Å². The first-order chi connectivity index (χ1) is 10.2. The summed E-state index contributed by atoms with van der Waals surface area (Å²) in [4.78, 5) is 23.6. The summed E-state index contributed by atoms with van der Waals surface area (Å²) in [6.07, 6.45) is 4.31. The number of benzene rings is 1. The second-order valence-corrected chi connectivity index (χ2v) is 5.10. The third kappa shape index (κ3) is 8.70. The monoisotopic (exact) mass is 306 g/mol. The van der Waals surface area contributed by atoms with Crippen LogP contribution in [0.4, 0.5) is 0 Å². The summed E-state index contributed by atoms with van der Waals surface area (Å²) in [5.41, 5.74) is 0. The molecule has 1 aromatic rings. The van der Waals surface area contributed by atoms with E-state index in [1.54, 1.807) is 11.8 Å². The number of carbonyl (C=O) groups excluding carboxylic acids is 2. The van der Waals surface area contributed by atoms with Gasteiger partial charge in [0, 0.05) is 22.8 Å². The number of ether oxygens (including phenoxy) is 2. The first-order valence-electron chi connectivity index (χ1n) is 6.52. The standard InChI is InChI=1S/C16H18O4S/c1-2-11-19-15(17)9-10-16(18)20-12-6-13-21-14-7-4-3-5-8-14/h2-5,7-10H,1,6,11-13H2/b10-9-. The second-order valence-electron chi connectivity index (χ2n) is 3.93. The molecule has 112 valence electrons. The van der Waals surface area contributed by atoms with E-state index in [-0.39, 0.29) is 6.61 Å². The lowest BCUT2D eigenvalue weighted by molar-refractivity contribution is -0.139. The molecule has 0 aliphatic carbocycles. The Kier molecular flexibility index (Phi) is 8.72. The van der Waals surface area contributed by atoms with Crippen LogP contribution in [0.25, 0.3) is 0 Å². The molecule has 21 heavy (non-hydrogen) atoms. The highest BCUT2D eigenvalue weighted by Crippen LogP contribution is 2.17. The van der Waals surface area contributed by atoms with Crippen molar-refractivity contribution in [2.45, 2.75) is 11.3 Å². The Balaban J connectivity index is 2.09. The third-order valence-electron chi connectivity index (χ3n) is 2.24. The molecule has 0 aliphatic rings. The van der Waals surface area contributed by atoms with Gasteiger partial charge in [0.15, 0.2) is 0 Å². The fourth-order valence-corrected chi connectivity index (χ4v) is 2.16. The van der Waals surface area contributed by atoms with Gasteiger partial charge in [0.1, 0.15) is 6.61 Å². The molecule has 0 aliphatic heterocycles. The normalized spacial score (nSPS) is 10.3. The van der Waals surface area contributed by atoms with Crippen LogP contribution >= 0.6 is 11.8 Å². The van der Waals surface area contributed by atoms with E-state index in [1.165, 1.54) is 11.0 Å². The van der Waals surface area contributed by atoms with Gasteiger partial charge in [0.25, 0.3) is 0 Å². The van der Waals surface area contributed by atoms with Crippen LogP contribution in [0, 0.1) is 0 Å². The molecule has 0 spiro atoms. The zero-order chi connectivity index (χ0) is 15.3. The van der Waals surface area contributed by atoms with E-state index in [0.717, 1.165) is 24.3 Å². The summed E-state index contributed by atoms with van der Waals surface area (Å²) in [7, 11) is 0. The number of thioether (sulfide) groups is 1. The highest BCUT2D eigenvalue weighted by molar-refractivity contribution is 7.99. The van der Waals surface area contributed by atoms with Crippen molar-refractivity contribution in [1.82, 2.24) is 0 Å². The Hall–Kier alpha value is -2.01. The van der Waals surface area contributed by atoms with Crippen molar-refractivity contribution in [3.63, 3.8) is 0 Å². The van der Waals surface area contributed by atoms with E-state index in [9.17, 15) is 9.59 Å². The molecule has 0 fully saturated rings. The fraction of sp³-hybridized carbons (Fsp3) is 0.250. The predicted octanol–water partition coefficient (Wildman–Crippen LogP) is 3.00. The minimum Gasteiger partial charge on any atom is -0.462 e. The maximum absolute atomic E-state index is 11.3. The molecule has 0 radical (unpaired) electrons. The van der Waals surface area contributed by atoms with Gasteiger partial charge in [-0.3, -0.25) is 0 Å². The quantitative estimate of drug-likeness (QED) is 0.231. The van der Waals surface area contributed by atoms with Crippen LogP contribution in [-0.2, 0) is 19.1 Å². The molecular formula is C16H18O4S. The van der Waals surface area contributed by atoms with Crippen molar-refractivity contribution in [2.24, 2.45) is 0 Å². The van der Waals surface area contributed by atoms with Crippen molar-refractivity contribution in [1.29, 1.82) is 0 Å². The van der Waals surface area contributed by atoms with Crippen LogP contribution in [0.15, 0.2) is 60.0 Å². The minimum absolute atomic E-state index is 0.120. The van der Waals surface area contributed by atoms with Crippen LogP contribution in [-0.4, -0.2) is 30.9 Å². The average Bonchev–Trinajstić information content (AvgIpc) is 2.51. The molecule has 4 nitrogen and oxygen atoms in total. The molecule has 1 rings (SSSR count). The maximum Gasteiger partial charge on any atom is 0.331 e. The predicted molar refractivity (Wildman–Crippen MR) is 83.0 cm³/mol. The Morgan fingerprint density at radius 1 is 1.10 bits per heavy atom. The smallest absolute Gasteiger partial charge is 0.331 e. The molecule has 0 amide bonds. The summed E-state index contributed by atoms with van der Waals surface area (Å²) in [6, 6.07) is 10.0. The highest BCUT2D eigenvalue weighted by atomic mass is 32.2. The van der Waals surface area contributed by atoms with Crippen LogP contribution in [0.5, 0.6) is 0 Å². The van der Waals surface area contributed by atoms with E-state index >= 15 is 0 Å². The molecule has 0 unspecified atom stereocenters.